The first-order chi connectivity index (χ1) is 23.4. The molecule has 1 N–H and O–H groups in total. The van der Waals surface area contributed by atoms with Gasteiger partial charge >= 0.3 is 0 Å². The molecular formula is C36H25Cl3N6O3S. The first-order valence-corrected chi connectivity index (χ1v) is 17.2. The largest absolute Gasteiger partial charge is 0.311 e. The summed E-state index contributed by atoms with van der Waals surface area (Å²) in [7, 11) is -4.62. The van der Waals surface area contributed by atoms with Crippen molar-refractivity contribution in [1.82, 2.24) is 9.78 Å². The minimum Gasteiger partial charge on any atom is -0.311 e. The first kappa shape index (κ1) is 33.9. The third-order valence-corrected chi connectivity index (χ3v) is 9.29. The molecular weight excluding hydrogens is 703 g/mol. The predicted octanol–water partition coefficient (Wildman–Crippen LogP) is 11.1. The van der Waals surface area contributed by atoms with Crippen LogP contribution in [0.25, 0.3) is 16.9 Å². The number of nitrogens with zero attached hydrogens (tertiary/aromatic N) is 6. The van der Waals surface area contributed by atoms with Crippen LogP contribution in [-0.4, -0.2) is 22.8 Å². The summed E-state index contributed by atoms with van der Waals surface area (Å²) >= 11 is 19.5. The van der Waals surface area contributed by atoms with E-state index in [0.717, 1.165) is 40.3 Å². The summed E-state index contributed by atoms with van der Waals surface area (Å²) in [5.74, 6) is -0.0363. The maximum atomic E-state index is 11.8. The molecule has 0 bridgehead atoms. The monoisotopic (exact) mass is 726 g/mol. The van der Waals surface area contributed by atoms with Crippen LogP contribution in [0.1, 0.15) is 16.7 Å². The summed E-state index contributed by atoms with van der Waals surface area (Å²) in [5, 5.41) is 23.7. The van der Waals surface area contributed by atoms with Crippen molar-refractivity contribution in [3.63, 3.8) is 0 Å². The molecule has 0 aliphatic carbocycles. The van der Waals surface area contributed by atoms with E-state index in [1.165, 1.54) is 4.68 Å². The SMILES string of the molecule is Cc1ccc(N(c2ccc(C)cc2)c2ccc(N=Nc3c(C#N)c(-c4ccccc4Cl)nn3-c3c(Cl)cc(S(=O)(=O)O)cc3Cl)cc2)cc1. The van der Waals surface area contributed by atoms with Gasteiger partial charge < -0.3 is 4.90 Å². The number of rotatable bonds is 8. The van der Waals surface area contributed by atoms with Crippen LogP contribution in [0.2, 0.25) is 15.1 Å². The maximum Gasteiger partial charge on any atom is 0.294 e. The number of anilines is 3. The Morgan fingerprint density at radius 1 is 0.755 bits per heavy atom. The first-order valence-electron chi connectivity index (χ1n) is 14.6. The molecule has 1 heterocycles. The van der Waals surface area contributed by atoms with E-state index in [4.69, 9.17) is 34.8 Å². The Kier molecular flexibility index (Phi) is 9.56. The van der Waals surface area contributed by atoms with E-state index >= 15 is 0 Å². The highest BCUT2D eigenvalue weighted by Gasteiger charge is 2.26. The minimum atomic E-state index is -4.62. The Morgan fingerprint density at radius 3 is 1.76 bits per heavy atom. The molecule has 13 heteroatoms. The Balaban J connectivity index is 1.45. The van der Waals surface area contributed by atoms with Gasteiger partial charge in [0.15, 0.2) is 5.82 Å². The van der Waals surface area contributed by atoms with E-state index < -0.39 is 15.0 Å². The number of halogens is 3. The number of azo groups is 1. The molecule has 244 valence electrons. The lowest BCUT2D eigenvalue weighted by atomic mass is 10.1. The summed E-state index contributed by atoms with van der Waals surface area (Å²) in [6.07, 6.45) is 0. The molecule has 0 unspecified atom stereocenters. The van der Waals surface area contributed by atoms with Gasteiger partial charge in [-0.15, -0.1) is 10.2 Å². The zero-order chi connectivity index (χ0) is 34.9. The average molecular weight is 728 g/mol. The lowest BCUT2D eigenvalue weighted by Crippen LogP contribution is -2.09. The van der Waals surface area contributed by atoms with Crippen LogP contribution < -0.4 is 4.90 Å². The molecule has 0 aliphatic heterocycles. The second kappa shape index (κ2) is 13.8. The van der Waals surface area contributed by atoms with E-state index in [9.17, 15) is 18.2 Å². The van der Waals surface area contributed by atoms with E-state index in [0.29, 0.717) is 16.3 Å². The van der Waals surface area contributed by atoms with Crippen LogP contribution in [0.4, 0.5) is 28.6 Å². The number of benzene rings is 5. The summed E-state index contributed by atoms with van der Waals surface area (Å²) < 4.78 is 34.4. The Hall–Kier alpha value is -5.02. The van der Waals surface area contributed by atoms with E-state index in [-0.39, 0.29) is 32.8 Å². The van der Waals surface area contributed by atoms with Crippen LogP contribution in [0, 0.1) is 25.2 Å². The molecule has 6 aromatic rings. The highest BCUT2D eigenvalue weighted by molar-refractivity contribution is 7.85. The van der Waals surface area contributed by atoms with Gasteiger partial charge in [-0.1, -0.05) is 88.4 Å². The van der Waals surface area contributed by atoms with Gasteiger partial charge in [-0.05, 0) is 80.6 Å². The number of aromatic nitrogens is 2. The molecule has 0 atom stereocenters. The van der Waals surface area contributed by atoms with Gasteiger partial charge in [0.2, 0.25) is 0 Å². The Bertz CT molecular complexity index is 2300. The van der Waals surface area contributed by atoms with Crippen LogP contribution >= 0.6 is 34.8 Å². The van der Waals surface area contributed by atoms with Crippen LogP contribution in [0.3, 0.4) is 0 Å². The van der Waals surface area contributed by atoms with Crippen molar-refractivity contribution in [3.05, 3.63) is 141 Å². The standard InChI is InChI=1S/C36H25Cl3N6O3S/c1-22-7-13-25(14-8-22)44(26-15-9-23(2)10-16-26)27-17-11-24(12-18-27)41-42-36-30(21-40)34(29-5-3-4-6-31(29)37)43-45(36)35-32(38)19-28(20-33(35)39)49(46,47)48/h3-20H,1-2H3,(H,46,47,48). The van der Waals surface area contributed by atoms with Crippen LogP contribution in [0.5, 0.6) is 0 Å². The minimum absolute atomic E-state index is 0.0154. The lowest BCUT2D eigenvalue weighted by molar-refractivity contribution is 0.483. The Labute approximate surface area is 298 Å². The van der Waals surface area contributed by atoms with E-state index in [1.807, 2.05) is 26.0 Å². The van der Waals surface area contributed by atoms with Gasteiger partial charge in [-0.25, -0.2) is 4.68 Å². The summed E-state index contributed by atoms with van der Waals surface area (Å²) in [6.45, 7) is 4.08. The van der Waals surface area contributed by atoms with Crippen molar-refractivity contribution < 1.29 is 13.0 Å². The second-order valence-electron chi connectivity index (χ2n) is 11.0. The third kappa shape index (κ3) is 7.08. The van der Waals surface area contributed by atoms with Crippen molar-refractivity contribution in [1.29, 1.82) is 5.26 Å². The van der Waals surface area contributed by atoms with Crippen molar-refractivity contribution in [2.45, 2.75) is 18.7 Å². The number of nitriles is 1. The highest BCUT2D eigenvalue weighted by Crippen LogP contribution is 2.41. The van der Waals surface area contributed by atoms with Crippen LogP contribution in [-0.2, 0) is 10.1 Å². The van der Waals surface area contributed by atoms with Gasteiger partial charge in [0.05, 0.1) is 25.7 Å². The fourth-order valence-corrected chi connectivity index (χ4v) is 6.64. The fourth-order valence-electron chi connectivity index (χ4n) is 5.10. The zero-order valence-corrected chi connectivity index (χ0v) is 29.0. The Morgan fingerprint density at radius 2 is 1.27 bits per heavy atom. The molecule has 0 fully saturated rings. The average Bonchev–Trinajstić information content (AvgIpc) is 3.43. The third-order valence-electron chi connectivity index (χ3n) is 7.55. The smallest absolute Gasteiger partial charge is 0.294 e. The van der Waals surface area contributed by atoms with Crippen molar-refractivity contribution >= 4 is 73.5 Å². The van der Waals surface area contributed by atoms with Crippen LogP contribution in [0.15, 0.2) is 124 Å². The predicted molar refractivity (Wildman–Crippen MR) is 193 cm³/mol. The molecule has 0 amide bonds. The second-order valence-corrected chi connectivity index (χ2v) is 13.6. The topological polar surface area (TPSA) is 124 Å². The van der Waals surface area contributed by atoms with Gasteiger partial charge in [0.1, 0.15) is 23.0 Å². The van der Waals surface area contributed by atoms with Crippen molar-refractivity contribution in [3.8, 4) is 23.0 Å². The molecule has 5 aromatic carbocycles. The molecule has 49 heavy (non-hydrogen) atoms. The molecule has 0 saturated heterocycles. The van der Waals surface area contributed by atoms with Crippen molar-refractivity contribution in [2.24, 2.45) is 10.2 Å². The number of hydrogen-bond donors (Lipinski definition) is 1. The molecule has 6 rings (SSSR count). The molecule has 1 aromatic heterocycles. The van der Waals surface area contributed by atoms with Gasteiger partial charge in [0, 0.05) is 22.6 Å². The fraction of sp³-hybridized carbons (Fsp3) is 0.0556. The normalized spacial score (nSPS) is 11.5. The maximum absolute atomic E-state index is 11.8. The van der Waals surface area contributed by atoms with E-state index in [2.05, 4.69) is 74.8 Å². The molecule has 0 radical (unpaired) electrons. The zero-order valence-electron chi connectivity index (χ0n) is 25.9. The number of aryl methyl sites for hydroxylation is 2. The summed E-state index contributed by atoms with van der Waals surface area (Å²) in [6, 6.07) is 34.8. The summed E-state index contributed by atoms with van der Waals surface area (Å²) in [5.41, 5.74) is 6.25. The highest BCUT2D eigenvalue weighted by atomic mass is 35.5. The van der Waals surface area contributed by atoms with Gasteiger partial charge in [-0.3, -0.25) is 4.55 Å². The van der Waals surface area contributed by atoms with Crippen molar-refractivity contribution in [2.75, 3.05) is 4.90 Å². The quantitative estimate of drug-likeness (QED) is 0.123. The summed E-state index contributed by atoms with van der Waals surface area (Å²) in [4.78, 5) is 1.61. The van der Waals surface area contributed by atoms with Gasteiger partial charge in [0.25, 0.3) is 10.1 Å². The number of hydrogen-bond acceptors (Lipinski definition) is 7. The molecule has 0 spiro atoms. The molecule has 0 saturated carbocycles. The molecule has 9 nitrogen and oxygen atoms in total. The van der Waals surface area contributed by atoms with E-state index in [1.54, 1.807) is 36.4 Å². The molecule has 0 aliphatic rings. The lowest BCUT2D eigenvalue weighted by Gasteiger charge is -2.25. The van der Waals surface area contributed by atoms with Gasteiger partial charge in [-0.2, -0.15) is 18.8 Å².